The molecule has 1 atom stereocenters. The molecule has 4 heteroatoms. The summed E-state index contributed by atoms with van der Waals surface area (Å²) in [6.45, 7) is 4.72. The van der Waals surface area contributed by atoms with E-state index in [1.54, 1.807) is 0 Å². The molecule has 2 rings (SSSR count). The molecule has 0 aliphatic carbocycles. The van der Waals surface area contributed by atoms with Crippen LogP contribution in [-0.4, -0.2) is 6.54 Å². The molecule has 2 aromatic carbocycles. The Bertz CT molecular complexity index is 628. The second-order valence-electron chi connectivity index (χ2n) is 5.05. The van der Waals surface area contributed by atoms with Gasteiger partial charge in [0.2, 0.25) is 0 Å². The van der Waals surface area contributed by atoms with Gasteiger partial charge in [0, 0.05) is 11.6 Å². The van der Waals surface area contributed by atoms with Gasteiger partial charge < -0.3 is 5.32 Å². The smallest absolute Gasteiger partial charge is 0.143 e. The van der Waals surface area contributed by atoms with Crippen LogP contribution in [0.5, 0.6) is 0 Å². The van der Waals surface area contributed by atoms with Crippen LogP contribution in [0.2, 0.25) is 0 Å². The van der Waals surface area contributed by atoms with Gasteiger partial charge in [-0.3, -0.25) is 0 Å². The molecule has 112 valence electrons. The minimum Gasteiger partial charge on any atom is -0.310 e. The van der Waals surface area contributed by atoms with E-state index < -0.39 is 11.6 Å². The number of rotatable bonds is 5. The Morgan fingerprint density at radius 2 is 1.95 bits per heavy atom. The van der Waals surface area contributed by atoms with E-state index in [0.717, 1.165) is 17.7 Å². The molecule has 1 nitrogen and oxygen atoms in total. The molecule has 0 saturated heterocycles. The number of benzene rings is 2. The van der Waals surface area contributed by atoms with E-state index in [4.69, 9.17) is 0 Å². The maximum atomic E-state index is 14.1. The first-order valence-corrected chi connectivity index (χ1v) is 7.74. The van der Waals surface area contributed by atoms with Crippen LogP contribution >= 0.6 is 15.9 Å². The molecule has 21 heavy (non-hydrogen) atoms. The van der Waals surface area contributed by atoms with Gasteiger partial charge in [-0.05, 0) is 53.5 Å². The van der Waals surface area contributed by atoms with Crippen molar-refractivity contribution in [1.82, 2.24) is 5.32 Å². The highest BCUT2D eigenvalue weighted by Crippen LogP contribution is 2.27. The van der Waals surface area contributed by atoms with Crippen molar-refractivity contribution in [3.8, 4) is 0 Å². The second-order valence-corrected chi connectivity index (χ2v) is 5.90. The lowest BCUT2D eigenvalue weighted by atomic mass is 9.97. The van der Waals surface area contributed by atoms with Crippen LogP contribution in [-0.2, 0) is 6.42 Å². The van der Waals surface area contributed by atoms with Gasteiger partial charge >= 0.3 is 0 Å². The average Bonchev–Trinajstić information content (AvgIpc) is 2.46. The van der Waals surface area contributed by atoms with Crippen LogP contribution in [0, 0.1) is 18.6 Å². The lowest BCUT2D eigenvalue weighted by Gasteiger charge is -2.20. The summed E-state index contributed by atoms with van der Waals surface area (Å²) in [7, 11) is 0. The van der Waals surface area contributed by atoms with Gasteiger partial charge in [0.1, 0.15) is 11.6 Å². The third-order valence-electron chi connectivity index (χ3n) is 3.44. The Morgan fingerprint density at radius 1 is 1.19 bits per heavy atom. The zero-order valence-corrected chi connectivity index (χ0v) is 13.7. The van der Waals surface area contributed by atoms with Crippen molar-refractivity contribution in [3.05, 3.63) is 69.2 Å². The van der Waals surface area contributed by atoms with E-state index in [0.29, 0.717) is 4.47 Å². The van der Waals surface area contributed by atoms with Crippen LogP contribution in [0.25, 0.3) is 0 Å². The van der Waals surface area contributed by atoms with Gasteiger partial charge in [-0.2, -0.15) is 0 Å². The fraction of sp³-hybridized carbons (Fsp3) is 0.294. The lowest BCUT2D eigenvalue weighted by molar-refractivity contribution is 0.497. The lowest BCUT2D eigenvalue weighted by Crippen LogP contribution is -2.24. The fourth-order valence-corrected chi connectivity index (χ4v) is 2.77. The van der Waals surface area contributed by atoms with Crippen molar-refractivity contribution in [3.63, 3.8) is 0 Å². The van der Waals surface area contributed by atoms with Crippen molar-refractivity contribution < 1.29 is 8.78 Å². The fourth-order valence-electron chi connectivity index (χ4n) is 2.40. The van der Waals surface area contributed by atoms with E-state index in [1.165, 1.54) is 12.1 Å². The molecule has 2 aromatic rings. The molecule has 0 aromatic heterocycles. The number of hydrogen-bond donors (Lipinski definition) is 1. The van der Waals surface area contributed by atoms with Gasteiger partial charge in [-0.15, -0.1) is 0 Å². The maximum absolute atomic E-state index is 14.1. The standard InChI is InChI=1S/C17H18BrF2N/c1-3-21-16(12-6-4-5-11(2)9-12)10-13-15(19)8-7-14(18)17(13)20/h4-9,16,21H,3,10H2,1-2H3. The Hall–Kier alpha value is -1.26. The second kappa shape index (κ2) is 7.14. The minimum atomic E-state index is -0.523. The summed E-state index contributed by atoms with van der Waals surface area (Å²) in [4.78, 5) is 0. The van der Waals surface area contributed by atoms with E-state index >= 15 is 0 Å². The summed E-state index contributed by atoms with van der Waals surface area (Å²) in [5.74, 6) is -1.03. The largest absolute Gasteiger partial charge is 0.310 e. The quantitative estimate of drug-likeness (QED) is 0.751. The van der Waals surface area contributed by atoms with E-state index in [2.05, 4.69) is 21.2 Å². The first-order valence-electron chi connectivity index (χ1n) is 6.95. The predicted molar refractivity (Wildman–Crippen MR) is 85.4 cm³/mol. The summed E-state index contributed by atoms with van der Waals surface area (Å²) in [6, 6.07) is 10.6. The molecule has 0 saturated carbocycles. The Kier molecular flexibility index (Phi) is 5.48. The molecule has 0 heterocycles. The first kappa shape index (κ1) is 16.1. The van der Waals surface area contributed by atoms with Gasteiger partial charge in [0.05, 0.1) is 4.47 Å². The number of aryl methyl sites for hydroxylation is 1. The molecule has 0 aliphatic heterocycles. The monoisotopic (exact) mass is 353 g/mol. The summed E-state index contributed by atoms with van der Waals surface area (Å²) in [5.41, 5.74) is 2.28. The Morgan fingerprint density at radius 3 is 2.62 bits per heavy atom. The SMILES string of the molecule is CCNC(Cc1c(F)ccc(Br)c1F)c1cccc(C)c1. The molecule has 0 radical (unpaired) electrons. The van der Waals surface area contributed by atoms with Crippen molar-refractivity contribution in [2.75, 3.05) is 6.54 Å². The average molecular weight is 354 g/mol. The number of likely N-dealkylation sites (N-methyl/N-ethyl adjacent to an activating group) is 1. The van der Waals surface area contributed by atoms with Crippen LogP contribution in [0.3, 0.4) is 0 Å². The van der Waals surface area contributed by atoms with Crippen molar-refractivity contribution >= 4 is 15.9 Å². The Balaban J connectivity index is 2.35. The van der Waals surface area contributed by atoms with E-state index in [9.17, 15) is 8.78 Å². The predicted octanol–water partition coefficient (Wildman–Crippen LogP) is 4.93. The van der Waals surface area contributed by atoms with E-state index in [-0.39, 0.29) is 18.0 Å². The zero-order chi connectivity index (χ0) is 15.4. The number of halogens is 3. The summed E-state index contributed by atoms with van der Waals surface area (Å²) in [6.07, 6.45) is 0.272. The van der Waals surface area contributed by atoms with Crippen LogP contribution < -0.4 is 5.32 Å². The van der Waals surface area contributed by atoms with Gasteiger partial charge in [0.25, 0.3) is 0 Å². The summed E-state index contributed by atoms with van der Waals surface area (Å²) >= 11 is 3.11. The molecule has 1 N–H and O–H groups in total. The molecule has 0 aliphatic rings. The molecular formula is C17H18BrF2N. The molecule has 0 amide bonds. The molecule has 0 spiro atoms. The first-order chi connectivity index (χ1) is 10.0. The highest BCUT2D eigenvalue weighted by Gasteiger charge is 2.18. The third kappa shape index (κ3) is 3.89. The molecule has 1 unspecified atom stereocenters. The molecule has 0 fully saturated rings. The number of nitrogens with one attached hydrogen (secondary N) is 1. The van der Waals surface area contributed by atoms with Crippen molar-refractivity contribution in [1.29, 1.82) is 0 Å². The van der Waals surface area contributed by atoms with E-state index in [1.807, 2.05) is 38.1 Å². The topological polar surface area (TPSA) is 12.0 Å². The molecule has 0 bridgehead atoms. The Labute approximate surface area is 132 Å². The van der Waals surface area contributed by atoms with Gasteiger partial charge in [0.15, 0.2) is 0 Å². The highest BCUT2D eigenvalue weighted by atomic mass is 79.9. The summed E-state index contributed by atoms with van der Waals surface area (Å²) < 4.78 is 28.4. The van der Waals surface area contributed by atoms with Gasteiger partial charge in [-0.25, -0.2) is 8.78 Å². The van der Waals surface area contributed by atoms with Crippen LogP contribution in [0.4, 0.5) is 8.78 Å². The van der Waals surface area contributed by atoms with Crippen molar-refractivity contribution in [2.24, 2.45) is 0 Å². The third-order valence-corrected chi connectivity index (χ3v) is 4.05. The maximum Gasteiger partial charge on any atom is 0.143 e. The number of hydrogen-bond acceptors (Lipinski definition) is 1. The van der Waals surface area contributed by atoms with Crippen LogP contribution in [0.1, 0.15) is 29.7 Å². The van der Waals surface area contributed by atoms with Crippen LogP contribution in [0.15, 0.2) is 40.9 Å². The zero-order valence-electron chi connectivity index (χ0n) is 12.1. The summed E-state index contributed by atoms with van der Waals surface area (Å²) in [5, 5.41) is 3.30. The van der Waals surface area contributed by atoms with Gasteiger partial charge in [-0.1, -0.05) is 36.8 Å². The molecular weight excluding hydrogens is 336 g/mol. The highest BCUT2D eigenvalue weighted by molar-refractivity contribution is 9.10. The minimum absolute atomic E-state index is 0.108. The van der Waals surface area contributed by atoms with Crippen molar-refractivity contribution in [2.45, 2.75) is 26.3 Å². The normalized spacial score (nSPS) is 12.4.